The Balaban J connectivity index is 1.49. The topological polar surface area (TPSA) is 26.8 Å². The standard InChI is InChI=1S/C23H26F3N3O/c1-22(2)13-27(3)15-29(22)11-16-4-6-17(7-5-16)18-8-9-20-19(10-18)12-28(21(20)30)14-23(24,25)26/h4-10H,11-15H2,1-3H3. The van der Waals surface area contributed by atoms with Gasteiger partial charge >= 0.3 is 6.18 Å². The zero-order chi connectivity index (χ0) is 21.7. The summed E-state index contributed by atoms with van der Waals surface area (Å²) < 4.78 is 38.1. The highest BCUT2D eigenvalue weighted by molar-refractivity contribution is 5.99. The summed E-state index contributed by atoms with van der Waals surface area (Å²) in [5, 5.41) is 0. The van der Waals surface area contributed by atoms with Gasteiger partial charge in [-0.3, -0.25) is 14.6 Å². The van der Waals surface area contributed by atoms with Gasteiger partial charge in [-0.2, -0.15) is 13.2 Å². The Morgan fingerprint density at radius 2 is 1.70 bits per heavy atom. The monoisotopic (exact) mass is 417 g/mol. The van der Waals surface area contributed by atoms with Gasteiger partial charge in [-0.1, -0.05) is 30.3 Å². The number of amides is 1. The molecule has 2 aromatic carbocycles. The summed E-state index contributed by atoms with van der Waals surface area (Å²) in [4.78, 5) is 17.8. The van der Waals surface area contributed by atoms with Gasteiger partial charge in [0.15, 0.2) is 0 Å². The number of carbonyl (C=O) groups excluding carboxylic acids is 1. The molecule has 1 amide bonds. The second-order valence-corrected chi connectivity index (χ2v) is 9.01. The van der Waals surface area contributed by atoms with Crippen molar-refractivity contribution < 1.29 is 18.0 Å². The third kappa shape index (κ3) is 4.23. The molecule has 2 aliphatic heterocycles. The van der Waals surface area contributed by atoms with Gasteiger partial charge in [0.1, 0.15) is 6.54 Å². The average Bonchev–Trinajstić information content (AvgIpc) is 3.08. The Bertz CT molecular complexity index is 953. The van der Waals surface area contributed by atoms with E-state index in [2.05, 4.69) is 42.8 Å². The molecule has 0 saturated carbocycles. The Morgan fingerprint density at radius 3 is 2.30 bits per heavy atom. The van der Waals surface area contributed by atoms with Crippen molar-refractivity contribution in [3.8, 4) is 11.1 Å². The fourth-order valence-electron chi connectivity index (χ4n) is 4.49. The maximum absolute atomic E-state index is 12.7. The van der Waals surface area contributed by atoms with Crippen molar-refractivity contribution in [3.05, 3.63) is 59.2 Å². The molecule has 7 heteroatoms. The molecule has 1 saturated heterocycles. The number of hydrogen-bond acceptors (Lipinski definition) is 3. The molecule has 0 radical (unpaired) electrons. The quantitative estimate of drug-likeness (QED) is 0.740. The van der Waals surface area contributed by atoms with Gasteiger partial charge in [-0.25, -0.2) is 0 Å². The minimum Gasteiger partial charge on any atom is -0.325 e. The lowest BCUT2D eigenvalue weighted by molar-refractivity contribution is -0.140. The minimum atomic E-state index is -4.39. The molecule has 30 heavy (non-hydrogen) atoms. The predicted molar refractivity (Wildman–Crippen MR) is 110 cm³/mol. The fraction of sp³-hybridized carbons (Fsp3) is 0.435. The van der Waals surface area contributed by atoms with Crippen molar-refractivity contribution >= 4 is 5.91 Å². The lowest BCUT2D eigenvalue weighted by Gasteiger charge is -2.30. The molecule has 1 fully saturated rings. The molecule has 0 aromatic heterocycles. The molecular formula is C23H26F3N3O. The fourth-order valence-corrected chi connectivity index (χ4v) is 4.49. The van der Waals surface area contributed by atoms with Crippen LogP contribution in [0.5, 0.6) is 0 Å². The molecule has 4 rings (SSSR count). The lowest BCUT2D eigenvalue weighted by atomic mass is 9.99. The molecule has 2 aromatic rings. The average molecular weight is 417 g/mol. The first kappa shape index (κ1) is 20.9. The third-order valence-electron chi connectivity index (χ3n) is 5.94. The van der Waals surface area contributed by atoms with Crippen LogP contribution in [-0.4, -0.2) is 59.1 Å². The van der Waals surface area contributed by atoms with Crippen LogP contribution in [0.4, 0.5) is 13.2 Å². The molecule has 160 valence electrons. The van der Waals surface area contributed by atoms with Crippen molar-refractivity contribution in [2.24, 2.45) is 0 Å². The maximum Gasteiger partial charge on any atom is 0.406 e. The SMILES string of the molecule is CN1CN(Cc2ccc(-c3ccc4c(c3)CN(CC(F)(F)F)C4=O)cc2)C(C)(C)C1. The van der Waals surface area contributed by atoms with E-state index in [0.29, 0.717) is 11.1 Å². The Morgan fingerprint density at radius 1 is 1.03 bits per heavy atom. The van der Waals surface area contributed by atoms with Crippen molar-refractivity contribution in [2.45, 2.75) is 38.7 Å². The summed E-state index contributed by atoms with van der Waals surface area (Å²) in [7, 11) is 2.12. The van der Waals surface area contributed by atoms with E-state index in [-0.39, 0.29) is 12.1 Å². The van der Waals surface area contributed by atoms with Crippen LogP contribution < -0.4 is 0 Å². The highest BCUT2D eigenvalue weighted by atomic mass is 19.4. The van der Waals surface area contributed by atoms with Gasteiger partial charge in [-0.15, -0.1) is 0 Å². The predicted octanol–water partition coefficient (Wildman–Crippen LogP) is 4.36. The smallest absolute Gasteiger partial charge is 0.325 e. The van der Waals surface area contributed by atoms with Crippen LogP contribution in [0.2, 0.25) is 0 Å². The number of halogens is 3. The van der Waals surface area contributed by atoms with Crippen LogP contribution in [0.25, 0.3) is 11.1 Å². The zero-order valence-corrected chi connectivity index (χ0v) is 17.5. The van der Waals surface area contributed by atoms with Crippen molar-refractivity contribution in [2.75, 3.05) is 26.8 Å². The van der Waals surface area contributed by atoms with E-state index < -0.39 is 18.6 Å². The van der Waals surface area contributed by atoms with Crippen molar-refractivity contribution in [3.63, 3.8) is 0 Å². The molecule has 4 nitrogen and oxygen atoms in total. The second kappa shape index (κ2) is 7.39. The molecule has 0 aliphatic carbocycles. The van der Waals surface area contributed by atoms with E-state index >= 15 is 0 Å². The van der Waals surface area contributed by atoms with Crippen LogP contribution in [0.15, 0.2) is 42.5 Å². The first-order valence-electron chi connectivity index (χ1n) is 10.0. The molecule has 0 atom stereocenters. The molecule has 2 heterocycles. The Labute approximate surface area is 174 Å². The summed E-state index contributed by atoms with van der Waals surface area (Å²) in [6.45, 7) is 6.11. The van der Waals surface area contributed by atoms with Gasteiger partial charge in [0.25, 0.3) is 5.91 Å². The van der Waals surface area contributed by atoms with E-state index in [1.807, 2.05) is 18.2 Å². The summed E-state index contributed by atoms with van der Waals surface area (Å²) in [5.74, 6) is -0.553. The number of fused-ring (bicyclic) bond motifs is 1. The number of nitrogens with zero attached hydrogens (tertiary/aromatic N) is 3. The number of carbonyl (C=O) groups is 1. The largest absolute Gasteiger partial charge is 0.406 e. The Hall–Kier alpha value is -2.38. The summed E-state index contributed by atoms with van der Waals surface area (Å²) in [5.41, 5.74) is 4.24. The number of benzene rings is 2. The van der Waals surface area contributed by atoms with Gasteiger partial charge in [-0.05, 0) is 55.3 Å². The van der Waals surface area contributed by atoms with E-state index in [1.54, 1.807) is 12.1 Å². The molecule has 0 spiro atoms. The number of alkyl halides is 3. The zero-order valence-electron chi connectivity index (χ0n) is 17.5. The van der Waals surface area contributed by atoms with Gasteiger partial charge < -0.3 is 4.90 Å². The van der Waals surface area contributed by atoms with Gasteiger partial charge in [0, 0.05) is 30.7 Å². The molecular weight excluding hydrogens is 391 g/mol. The third-order valence-corrected chi connectivity index (χ3v) is 5.94. The molecule has 0 N–H and O–H groups in total. The van der Waals surface area contributed by atoms with Gasteiger partial charge in [0.2, 0.25) is 0 Å². The molecule has 0 unspecified atom stereocenters. The second-order valence-electron chi connectivity index (χ2n) is 9.01. The summed E-state index contributed by atoms with van der Waals surface area (Å²) in [6, 6.07) is 13.5. The molecule has 2 aliphatic rings. The van der Waals surface area contributed by atoms with E-state index in [1.165, 1.54) is 5.56 Å². The van der Waals surface area contributed by atoms with Crippen molar-refractivity contribution in [1.29, 1.82) is 0 Å². The van der Waals surface area contributed by atoms with Crippen LogP contribution >= 0.6 is 0 Å². The lowest BCUT2D eigenvalue weighted by Crippen LogP contribution is -2.39. The highest BCUT2D eigenvalue weighted by Crippen LogP contribution is 2.31. The first-order valence-corrected chi connectivity index (χ1v) is 10.0. The summed E-state index contributed by atoms with van der Waals surface area (Å²) >= 11 is 0. The molecule has 0 bridgehead atoms. The summed E-state index contributed by atoms with van der Waals surface area (Å²) in [6.07, 6.45) is -4.39. The van der Waals surface area contributed by atoms with Crippen molar-refractivity contribution in [1.82, 2.24) is 14.7 Å². The van der Waals surface area contributed by atoms with Crippen LogP contribution in [0.3, 0.4) is 0 Å². The van der Waals surface area contributed by atoms with Crippen LogP contribution in [0, 0.1) is 0 Å². The maximum atomic E-state index is 12.7. The van der Waals surface area contributed by atoms with Crippen LogP contribution in [-0.2, 0) is 13.1 Å². The normalized spacial score (nSPS) is 19.5. The van der Waals surface area contributed by atoms with Crippen LogP contribution in [0.1, 0.15) is 35.3 Å². The number of rotatable bonds is 4. The van der Waals surface area contributed by atoms with E-state index in [4.69, 9.17) is 0 Å². The van der Waals surface area contributed by atoms with E-state index in [0.717, 1.165) is 35.8 Å². The number of hydrogen-bond donors (Lipinski definition) is 0. The van der Waals surface area contributed by atoms with Gasteiger partial charge in [0.05, 0.1) is 6.67 Å². The Kier molecular flexibility index (Phi) is 5.14. The first-order chi connectivity index (χ1) is 14.0. The minimum absolute atomic E-state index is 0.00282. The number of likely N-dealkylation sites (N-methyl/N-ethyl adjacent to an activating group) is 1. The highest BCUT2D eigenvalue weighted by Gasteiger charge is 2.37. The van der Waals surface area contributed by atoms with E-state index in [9.17, 15) is 18.0 Å².